The van der Waals surface area contributed by atoms with Gasteiger partial charge in [-0.05, 0) is 40.8 Å². The maximum absolute atomic E-state index is 13.5. The molecule has 0 amide bonds. The molecule has 1 heterocycles. The van der Waals surface area contributed by atoms with Gasteiger partial charge in [0.15, 0.2) is 0 Å². The summed E-state index contributed by atoms with van der Waals surface area (Å²) < 4.78 is 24.6. The van der Waals surface area contributed by atoms with Gasteiger partial charge in [0.1, 0.15) is 11.6 Å². The summed E-state index contributed by atoms with van der Waals surface area (Å²) >= 11 is 6.94. The number of ether oxygens (including phenoxy) is 2. The lowest BCUT2D eigenvalue weighted by molar-refractivity contribution is 0.0660. The first-order valence-electron chi connectivity index (χ1n) is 5.88. The smallest absolute Gasteiger partial charge is 0.141 e. The molecule has 0 bridgehead atoms. The normalized spacial score (nSPS) is 18.7. The summed E-state index contributed by atoms with van der Waals surface area (Å²) in [6, 6.07) is 3.22. The number of methoxy groups -OCH3 is 1. The molecule has 0 aromatic heterocycles. The number of hydrogen-bond donors (Lipinski definition) is 0. The van der Waals surface area contributed by atoms with Crippen LogP contribution in [0.2, 0.25) is 0 Å². The molecule has 1 saturated heterocycles. The van der Waals surface area contributed by atoms with E-state index in [1.807, 2.05) is 0 Å². The van der Waals surface area contributed by atoms with Crippen LogP contribution >= 0.6 is 31.9 Å². The van der Waals surface area contributed by atoms with Crippen LogP contribution in [0.1, 0.15) is 23.2 Å². The first-order chi connectivity index (χ1) is 8.63. The van der Waals surface area contributed by atoms with Crippen molar-refractivity contribution in [1.82, 2.24) is 0 Å². The summed E-state index contributed by atoms with van der Waals surface area (Å²) in [4.78, 5) is 0.160. The first kappa shape index (κ1) is 14.3. The van der Waals surface area contributed by atoms with Crippen molar-refractivity contribution >= 4 is 31.9 Å². The molecule has 100 valence electrons. The van der Waals surface area contributed by atoms with Crippen molar-refractivity contribution in [3.05, 3.63) is 28.0 Å². The Morgan fingerprint density at radius 2 is 2.06 bits per heavy atom. The van der Waals surface area contributed by atoms with E-state index in [9.17, 15) is 4.39 Å². The molecule has 1 unspecified atom stereocenters. The Morgan fingerprint density at radius 3 is 2.67 bits per heavy atom. The minimum Gasteiger partial charge on any atom is -0.496 e. The van der Waals surface area contributed by atoms with Crippen molar-refractivity contribution in [3.8, 4) is 5.75 Å². The lowest BCUT2D eigenvalue weighted by atomic mass is 9.92. The second-order valence-corrected chi connectivity index (χ2v) is 6.20. The molecule has 1 aromatic rings. The van der Waals surface area contributed by atoms with Crippen LogP contribution in [-0.4, -0.2) is 20.3 Å². The molecule has 5 heteroatoms. The number of halogens is 3. The largest absolute Gasteiger partial charge is 0.496 e. The fraction of sp³-hybridized carbons (Fsp3) is 0.538. The third-order valence-electron chi connectivity index (χ3n) is 3.25. The van der Waals surface area contributed by atoms with Crippen LogP contribution < -0.4 is 4.74 Å². The highest BCUT2D eigenvalue weighted by Crippen LogP contribution is 2.42. The number of rotatable bonds is 3. The van der Waals surface area contributed by atoms with Gasteiger partial charge in [0.2, 0.25) is 0 Å². The lowest BCUT2D eigenvalue weighted by Gasteiger charge is -2.27. The molecule has 0 aliphatic carbocycles. The summed E-state index contributed by atoms with van der Waals surface area (Å²) in [6.45, 7) is 1.58. The lowest BCUT2D eigenvalue weighted by Crippen LogP contribution is -2.19. The van der Waals surface area contributed by atoms with E-state index in [1.54, 1.807) is 13.2 Å². The van der Waals surface area contributed by atoms with Crippen LogP contribution in [0.25, 0.3) is 0 Å². The van der Waals surface area contributed by atoms with Gasteiger partial charge in [-0.25, -0.2) is 4.39 Å². The van der Waals surface area contributed by atoms with Gasteiger partial charge in [-0.3, -0.25) is 0 Å². The molecule has 2 rings (SSSR count). The summed E-state index contributed by atoms with van der Waals surface area (Å²) in [7, 11) is 1.57. The van der Waals surface area contributed by atoms with Gasteiger partial charge in [-0.2, -0.15) is 0 Å². The fourth-order valence-corrected chi connectivity index (χ4v) is 3.45. The van der Waals surface area contributed by atoms with Crippen LogP contribution in [0.5, 0.6) is 5.75 Å². The Balaban J connectivity index is 2.27. The van der Waals surface area contributed by atoms with Crippen LogP contribution in [0, 0.1) is 11.7 Å². The van der Waals surface area contributed by atoms with Crippen molar-refractivity contribution < 1.29 is 13.9 Å². The first-order valence-corrected chi connectivity index (χ1v) is 7.59. The Labute approximate surface area is 123 Å². The topological polar surface area (TPSA) is 18.5 Å². The van der Waals surface area contributed by atoms with E-state index in [-0.39, 0.29) is 10.6 Å². The van der Waals surface area contributed by atoms with Gasteiger partial charge in [0.25, 0.3) is 0 Å². The monoisotopic (exact) mass is 380 g/mol. The second kappa shape index (κ2) is 6.35. The standard InChI is InChI=1S/C13H15Br2FO2/c1-17-12-7-11(16)10(14)6-9(12)13(15)8-2-4-18-5-3-8/h6-8,13H,2-5H2,1H3. The average molecular weight is 382 g/mol. The third-order valence-corrected chi connectivity index (χ3v) is 5.10. The van der Waals surface area contributed by atoms with E-state index in [4.69, 9.17) is 9.47 Å². The number of benzene rings is 1. The van der Waals surface area contributed by atoms with Crippen molar-refractivity contribution in [2.75, 3.05) is 20.3 Å². The quantitative estimate of drug-likeness (QED) is 0.719. The highest BCUT2D eigenvalue weighted by molar-refractivity contribution is 9.10. The fourth-order valence-electron chi connectivity index (χ4n) is 2.20. The Kier molecular flexibility index (Phi) is 5.04. The van der Waals surface area contributed by atoms with Crippen LogP contribution in [-0.2, 0) is 4.74 Å². The molecule has 0 saturated carbocycles. The Hall–Kier alpha value is -0.130. The molecule has 18 heavy (non-hydrogen) atoms. The zero-order chi connectivity index (χ0) is 13.1. The SMILES string of the molecule is COc1cc(F)c(Br)cc1C(Br)C1CCOCC1. The number of alkyl halides is 1. The molecule has 1 aromatic carbocycles. The van der Waals surface area contributed by atoms with E-state index in [0.29, 0.717) is 16.1 Å². The van der Waals surface area contributed by atoms with Gasteiger partial charge in [-0.15, -0.1) is 0 Å². The average Bonchev–Trinajstić information content (AvgIpc) is 2.41. The van der Waals surface area contributed by atoms with Gasteiger partial charge in [-0.1, -0.05) is 15.9 Å². The maximum Gasteiger partial charge on any atom is 0.141 e. The van der Waals surface area contributed by atoms with Gasteiger partial charge in [0.05, 0.1) is 11.6 Å². The molecule has 0 radical (unpaired) electrons. The van der Waals surface area contributed by atoms with E-state index in [0.717, 1.165) is 31.6 Å². The molecular formula is C13H15Br2FO2. The third kappa shape index (κ3) is 3.06. The molecule has 1 atom stereocenters. The highest BCUT2D eigenvalue weighted by atomic mass is 79.9. The van der Waals surface area contributed by atoms with Crippen LogP contribution in [0.4, 0.5) is 4.39 Å². The second-order valence-electron chi connectivity index (χ2n) is 4.36. The van der Waals surface area contributed by atoms with E-state index < -0.39 is 0 Å². The summed E-state index contributed by atoms with van der Waals surface area (Å²) in [6.07, 6.45) is 2.02. The van der Waals surface area contributed by atoms with Crippen LogP contribution in [0.15, 0.2) is 16.6 Å². The Bertz CT molecular complexity index is 420. The molecular weight excluding hydrogens is 367 g/mol. The summed E-state index contributed by atoms with van der Waals surface area (Å²) in [5.74, 6) is 0.774. The molecule has 1 fully saturated rings. The summed E-state index contributed by atoms with van der Waals surface area (Å²) in [5.41, 5.74) is 0.984. The van der Waals surface area contributed by atoms with Gasteiger partial charge >= 0.3 is 0 Å². The summed E-state index contributed by atoms with van der Waals surface area (Å²) in [5, 5.41) is 0. The Morgan fingerprint density at radius 1 is 1.39 bits per heavy atom. The van der Waals surface area contributed by atoms with Crippen molar-refractivity contribution in [2.24, 2.45) is 5.92 Å². The minimum absolute atomic E-state index is 0.160. The van der Waals surface area contributed by atoms with Gasteiger partial charge < -0.3 is 9.47 Å². The maximum atomic E-state index is 13.5. The minimum atomic E-state index is -0.303. The van der Waals surface area contributed by atoms with E-state index in [1.165, 1.54) is 6.07 Å². The molecule has 2 nitrogen and oxygen atoms in total. The predicted molar refractivity (Wildman–Crippen MR) is 75.9 cm³/mol. The van der Waals surface area contributed by atoms with Gasteiger partial charge in [0, 0.05) is 29.7 Å². The molecule has 0 N–H and O–H groups in total. The number of hydrogen-bond acceptors (Lipinski definition) is 2. The van der Waals surface area contributed by atoms with Crippen LogP contribution in [0.3, 0.4) is 0 Å². The van der Waals surface area contributed by atoms with Crippen molar-refractivity contribution in [2.45, 2.75) is 17.7 Å². The highest BCUT2D eigenvalue weighted by Gasteiger charge is 2.26. The molecule has 1 aliphatic heterocycles. The molecule has 0 spiro atoms. The van der Waals surface area contributed by atoms with Crippen molar-refractivity contribution in [3.63, 3.8) is 0 Å². The molecule has 1 aliphatic rings. The van der Waals surface area contributed by atoms with E-state index >= 15 is 0 Å². The zero-order valence-electron chi connectivity index (χ0n) is 10.1. The van der Waals surface area contributed by atoms with E-state index in [2.05, 4.69) is 31.9 Å². The zero-order valence-corrected chi connectivity index (χ0v) is 13.3. The van der Waals surface area contributed by atoms with Crippen molar-refractivity contribution in [1.29, 1.82) is 0 Å². The predicted octanol–water partition coefficient (Wildman–Crippen LogP) is 4.46.